The molecule has 0 spiro atoms. The van der Waals surface area contributed by atoms with Crippen molar-refractivity contribution in [1.82, 2.24) is 4.90 Å². The lowest BCUT2D eigenvalue weighted by Crippen LogP contribution is -2.51. The second-order valence-corrected chi connectivity index (χ2v) is 4.03. The van der Waals surface area contributed by atoms with Crippen LogP contribution in [0.5, 0.6) is 0 Å². The van der Waals surface area contributed by atoms with Gasteiger partial charge in [-0.1, -0.05) is 6.42 Å². The maximum absolute atomic E-state index is 9.51. The fourth-order valence-corrected chi connectivity index (χ4v) is 2.59. The van der Waals surface area contributed by atoms with Crippen molar-refractivity contribution in [3.05, 3.63) is 0 Å². The molecule has 11 heavy (non-hydrogen) atoms. The Kier molecular flexibility index (Phi) is 1.90. The van der Waals surface area contributed by atoms with Crippen molar-refractivity contribution in [2.45, 2.75) is 50.3 Å². The van der Waals surface area contributed by atoms with Gasteiger partial charge in [0.1, 0.15) is 0 Å². The summed E-state index contributed by atoms with van der Waals surface area (Å²) in [5.41, 5.74) is 0. The van der Waals surface area contributed by atoms with Gasteiger partial charge >= 0.3 is 0 Å². The van der Waals surface area contributed by atoms with Gasteiger partial charge in [0.15, 0.2) is 0 Å². The minimum atomic E-state index is -0.0125. The molecule has 3 atom stereocenters. The van der Waals surface area contributed by atoms with Crippen LogP contribution in [0.15, 0.2) is 0 Å². The summed E-state index contributed by atoms with van der Waals surface area (Å²) in [7, 11) is 2.21. The van der Waals surface area contributed by atoms with E-state index in [0.29, 0.717) is 12.1 Å². The average molecular weight is 155 g/mol. The molecule has 2 rings (SSSR count). The molecule has 1 N–H and O–H groups in total. The first kappa shape index (κ1) is 7.56. The van der Waals surface area contributed by atoms with Gasteiger partial charge in [-0.3, -0.25) is 0 Å². The quantitative estimate of drug-likeness (QED) is 0.564. The summed E-state index contributed by atoms with van der Waals surface area (Å²) < 4.78 is 0. The Morgan fingerprint density at radius 3 is 2.27 bits per heavy atom. The van der Waals surface area contributed by atoms with E-state index in [1.807, 2.05) is 0 Å². The lowest BCUT2D eigenvalue weighted by molar-refractivity contribution is -0.0106. The predicted molar refractivity (Wildman–Crippen MR) is 44.4 cm³/mol. The molecular formula is C9H17NO. The largest absolute Gasteiger partial charge is 0.393 e. The van der Waals surface area contributed by atoms with E-state index in [-0.39, 0.29) is 6.10 Å². The molecule has 2 aliphatic heterocycles. The van der Waals surface area contributed by atoms with Gasteiger partial charge in [0, 0.05) is 12.1 Å². The van der Waals surface area contributed by atoms with Crippen molar-refractivity contribution < 1.29 is 5.11 Å². The van der Waals surface area contributed by atoms with Crippen LogP contribution >= 0.6 is 0 Å². The van der Waals surface area contributed by atoms with Gasteiger partial charge in [-0.15, -0.1) is 0 Å². The number of fused-ring (bicyclic) bond motifs is 2. The van der Waals surface area contributed by atoms with Crippen LogP contribution in [0.3, 0.4) is 0 Å². The van der Waals surface area contributed by atoms with E-state index >= 15 is 0 Å². The van der Waals surface area contributed by atoms with Gasteiger partial charge in [-0.05, 0) is 32.7 Å². The molecule has 64 valence electrons. The zero-order valence-electron chi connectivity index (χ0n) is 7.16. The summed E-state index contributed by atoms with van der Waals surface area (Å²) in [6, 6.07) is 1.36. The molecule has 2 bridgehead atoms. The van der Waals surface area contributed by atoms with E-state index in [9.17, 15) is 5.11 Å². The molecule has 2 aliphatic rings. The fourth-order valence-electron chi connectivity index (χ4n) is 2.59. The molecule has 0 aromatic carbocycles. The summed E-state index contributed by atoms with van der Waals surface area (Å²) in [5.74, 6) is 0. The average Bonchev–Trinajstić information content (AvgIpc) is 1.92. The number of hydrogen-bond acceptors (Lipinski definition) is 2. The second kappa shape index (κ2) is 2.76. The number of rotatable bonds is 0. The Bertz CT molecular complexity index is 134. The summed E-state index contributed by atoms with van der Waals surface area (Å²) >= 11 is 0. The number of aliphatic hydroxyl groups excluding tert-OH is 1. The third-order valence-corrected chi connectivity index (χ3v) is 3.31. The minimum Gasteiger partial charge on any atom is -0.393 e. The van der Waals surface area contributed by atoms with E-state index in [0.717, 1.165) is 12.8 Å². The van der Waals surface area contributed by atoms with Crippen LogP contribution < -0.4 is 0 Å². The third kappa shape index (κ3) is 1.30. The third-order valence-electron chi connectivity index (χ3n) is 3.31. The first-order valence-corrected chi connectivity index (χ1v) is 4.67. The van der Waals surface area contributed by atoms with Crippen molar-refractivity contribution in [3.8, 4) is 0 Å². The molecule has 0 aromatic rings. The van der Waals surface area contributed by atoms with E-state index in [1.165, 1.54) is 19.3 Å². The highest BCUT2D eigenvalue weighted by Crippen LogP contribution is 2.32. The van der Waals surface area contributed by atoms with Gasteiger partial charge in [0.05, 0.1) is 6.10 Å². The molecule has 2 heterocycles. The van der Waals surface area contributed by atoms with Crippen molar-refractivity contribution >= 4 is 0 Å². The molecule has 2 saturated heterocycles. The van der Waals surface area contributed by atoms with E-state index in [1.54, 1.807) is 0 Å². The van der Waals surface area contributed by atoms with Crippen LogP contribution in [0.25, 0.3) is 0 Å². The van der Waals surface area contributed by atoms with Crippen LogP contribution in [-0.2, 0) is 0 Å². The van der Waals surface area contributed by atoms with Gasteiger partial charge in [-0.2, -0.15) is 0 Å². The van der Waals surface area contributed by atoms with Gasteiger partial charge in [-0.25, -0.2) is 0 Å². The fraction of sp³-hybridized carbons (Fsp3) is 1.00. The SMILES string of the molecule is CN1[C@@H]2CCC[C@H]1C[C@@H](O)C2. The van der Waals surface area contributed by atoms with Crippen molar-refractivity contribution in [2.24, 2.45) is 0 Å². The highest BCUT2D eigenvalue weighted by molar-refractivity contribution is 4.90. The second-order valence-electron chi connectivity index (χ2n) is 4.03. The molecular weight excluding hydrogens is 138 g/mol. The Morgan fingerprint density at radius 1 is 1.18 bits per heavy atom. The zero-order valence-corrected chi connectivity index (χ0v) is 7.16. The maximum atomic E-state index is 9.51. The van der Waals surface area contributed by atoms with E-state index < -0.39 is 0 Å². The molecule has 2 heteroatoms. The molecule has 2 fully saturated rings. The lowest BCUT2D eigenvalue weighted by Gasteiger charge is -2.45. The van der Waals surface area contributed by atoms with Crippen LogP contribution in [0, 0.1) is 0 Å². The summed E-state index contributed by atoms with van der Waals surface area (Å²) in [5, 5.41) is 9.51. The highest BCUT2D eigenvalue weighted by atomic mass is 16.3. The van der Waals surface area contributed by atoms with Crippen LogP contribution in [-0.4, -0.2) is 35.2 Å². The zero-order chi connectivity index (χ0) is 7.84. The number of nitrogens with zero attached hydrogens (tertiary/aromatic N) is 1. The Balaban J connectivity index is 2.07. The first-order chi connectivity index (χ1) is 5.27. The molecule has 0 unspecified atom stereocenters. The van der Waals surface area contributed by atoms with Gasteiger partial charge in [0.25, 0.3) is 0 Å². The molecule has 0 radical (unpaired) electrons. The summed E-state index contributed by atoms with van der Waals surface area (Å²) in [6.07, 6.45) is 5.96. The van der Waals surface area contributed by atoms with E-state index in [2.05, 4.69) is 11.9 Å². The first-order valence-electron chi connectivity index (χ1n) is 4.67. The Hall–Kier alpha value is -0.0800. The van der Waals surface area contributed by atoms with Crippen LogP contribution in [0.1, 0.15) is 32.1 Å². The topological polar surface area (TPSA) is 23.5 Å². The number of hydrogen-bond donors (Lipinski definition) is 1. The molecule has 0 aliphatic carbocycles. The highest BCUT2D eigenvalue weighted by Gasteiger charge is 2.34. The molecule has 0 aromatic heterocycles. The predicted octanol–water partition coefficient (Wildman–Crippen LogP) is 0.994. The lowest BCUT2D eigenvalue weighted by atomic mass is 9.84. The molecule has 0 saturated carbocycles. The van der Waals surface area contributed by atoms with Crippen molar-refractivity contribution in [1.29, 1.82) is 0 Å². The van der Waals surface area contributed by atoms with Gasteiger partial charge < -0.3 is 10.0 Å². The van der Waals surface area contributed by atoms with Crippen LogP contribution in [0.4, 0.5) is 0 Å². The smallest absolute Gasteiger partial charge is 0.0570 e. The van der Waals surface area contributed by atoms with Gasteiger partial charge in [0.2, 0.25) is 0 Å². The minimum absolute atomic E-state index is 0.0125. The van der Waals surface area contributed by atoms with Crippen molar-refractivity contribution in [3.63, 3.8) is 0 Å². The normalized spacial score (nSPS) is 45.8. The Labute approximate surface area is 68.2 Å². The van der Waals surface area contributed by atoms with E-state index in [4.69, 9.17) is 0 Å². The number of aliphatic hydroxyl groups is 1. The standard InChI is InChI=1S/C9H17NO/c1-10-7-3-2-4-8(10)6-9(11)5-7/h7-9,11H,2-6H2,1H3/t7-,8+,9+. The summed E-state index contributed by atoms with van der Waals surface area (Å²) in [6.45, 7) is 0. The number of piperidine rings is 2. The molecule has 0 amide bonds. The van der Waals surface area contributed by atoms with Crippen molar-refractivity contribution in [2.75, 3.05) is 7.05 Å². The summed E-state index contributed by atoms with van der Waals surface area (Å²) in [4.78, 5) is 2.47. The Morgan fingerprint density at radius 2 is 1.73 bits per heavy atom. The van der Waals surface area contributed by atoms with Crippen LogP contribution in [0.2, 0.25) is 0 Å². The maximum Gasteiger partial charge on any atom is 0.0570 e. The molecule has 2 nitrogen and oxygen atoms in total. The monoisotopic (exact) mass is 155 g/mol.